The van der Waals surface area contributed by atoms with Crippen molar-refractivity contribution in [3.8, 4) is 17.4 Å². The minimum Gasteiger partial charge on any atom is -0.493 e. The normalized spacial score (nSPS) is 16.3. The molecule has 1 aliphatic rings. The fourth-order valence-electron chi connectivity index (χ4n) is 3.48. The van der Waals surface area contributed by atoms with Crippen molar-refractivity contribution >= 4 is 5.91 Å². The summed E-state index contributed by atoms with van der Waals surface area (Å²) < 4.78 is 11.2. The molecule has 7 nitrogen and oxygen atoms in total. The molecule has 0 saturated carbocycles. The second-order valence-electron chi connectivity index (χ2n) is 6.84. The van der Waals surface area contributed by atoms with Crippen molar-refractivity contribution in [3.05, 3.63) is 72.4 Å². The number of piperidine rings is 1. The van der Waals surface area contributed by atoms with Crippen LogP contribution in [0, 0.1) is 0 Å². The van der Waals surface area contributed by atoms with Crippen molar-refractivity contribution in [1.82, 2.24) is 19.9 Å². The maximum Gasteiger partial charge on any atom is 0.272 e. The molecular formula is C22H22N4O3. The first kappa shape index (κ1) is 18.9. The van der Waals surface area contributed by atoms with Gasteiger partial charge in [-0.25, -0.2) is 4.98 Å². The molecule has 1 unspecified atom stereocenters. The number of carbonyl (C=O) groups is 1. The number of aromatic nitrogens is 3. The number of methoxy groups -OCH3 is 1. The van der Waals surface area contributed by atoms with Gasteiger partial charge >= 0.3 is 0 Å². The smallest absolute Gasteiger partial charge is 0.272 e. The van der Waals surface area contributed by atoms with Crippen LogP contribution in [-0.2, 0) is 0 Å². The summed E-state index contributed by atoms with van der Waals surface area (Å²) in [5, 5.41) is 0. The molecule has 1 fully saturated rings. The zero-order chi connectivity index (χ0) is 20.1. The summed E-state index contributed by atoms with van der Waals surface area (Å²) in [4.78, 5) is 27.7. The van der Waals surface area contributed by atoms with Crippen LogP contribution < -0.4 is 9.47 Å². The van der Waals surface area contributed by atoms with Gasteiger partial charge in [-0.15, -0.1) is 0 Å². The minimum atomic E-state index is -0.0512. The van der Waals surface area contributed by atoms with Gasteiger partial charge in [0, 0.05) is 31.4 Å². The van der Waals surface area contributed by atoms with E-state index in [1.807, 2.05) is 35.2 Å². The maximum absolute atomic E-state index is 12.7. The Morgan fingerprint density at radius 3 is 2.72 bits per heavy atom. The molecule has 2 aromatic heterocycles. The van der Waals surface area contributed by atoms with E-state index in [0.717, 1.165) is 25.1 Å². The Bertz CT molecular complexity index is 981. The predicted molar refractivity (Wildman–Crippen MR) is 107 cm³/mol. The van der Waals surface area contributed by atoms with Gasteiger partial charge in [0.2, 0.25) is 5.88 Å². The average molecular weight is 390 g/mol. The van der Waals surface area contributed by atoms with Gasteiger partial charge in [-0.3, -0.25) is 14.8 Å². The number of para-hydroxylation sites is 2. The van der Waals surface area contributed by atoms with Crippen LogP contribution in [0.2, 0.25) is 0 Å². The van der Waals surface area contributed by atoms with Crippen molar-refractivity contribution in [2.45, 2.75) is 18.8 Å². The summed E-state index contributed by atoms with van der Waals surface area (Å²) in [7, 11) is 1.60. The number of rotatable bonds is 5. The fourth-order valence-corrected chi connectivity index (χ4v) is 3.48. The molecule has 1 aromatic carbocycles. The van der Waals surface area contributed by atoms with Crippen LogP contribution in [0.4, 0.5) is 0 Å². The lowest BCUT2D eigenvalue weighted by Crippen LogP contribution is -2.39. The van der Waals surface area contributed by atoms with E-state index in [4.69, 9.17) is 9.47 Å². The largest absolute Gasteiger partial charge is 0.493 e. The molecule has 7 heteroatoms. The lowest BCUT2D eigenvalue weighted by molar-refractivity contribution is 0.0699. The van der Waals surface area contributed by atoms with Gasteiger partial charge in [0.25, 0.3) is 5.91 Å². The zero-order valence-corrected chi connectivity index (χ0v) is 16.2. The summed E-state index contributed by atoms with van der Waals surface area (Å²) >= 11 is 0. The number of hydrogen-bond acceptors (Lipinski definition) is 6. The molecule has 29 heavy (non-hydrogen) atoms. The van der Waals surface area contributed by atoms with E-state index < -0.39 is 0 Å². The number of ether oxygens (including phenoxy) is 2. The van der Waals surface area contributed by atoms with Crippen LogP contribution in [0.25, 0.3) is 0 Å². The van der Waals surface area contributed by atoms with Gasteiger partial charge in [-0.2, -0.15) is 0 Å². The van der Waals surface area contributed by atoms with Gasteiger partial charge in [-0.05, 0) is 37.1 Å². The molecule has 148 valence electrons. The highest BCUT2D eigenvalue weighted by Gasteiger charge is 2.27. The fraction of sp³-hybridized carbons (Fsp3) is 0.273. The topological polar surface area (TPSA) is 77.4 Å². The van der Waals surface area contributed by atoms with Crippen molar-refractivity contribution < 1.29 is 14.3 Å². The molecule has 1 atom stereocenters. The number of hydrogen-bond donors (Lipinski definition) is 0. The second-order valence-corrected chi connectivity index (χ2v) is 6.84. The lowest BCUT2D eigenvalue weighted by atomic mass is 9.95. The van der Waals surface area contributed by atoms with E-state index in [9.17, 15) is 4.79 Å². The number of amides is 1. The van der Waals surface area contributed by atoms with E-state index in [1.165, 1.54) is 0 Å². The Hall–Kier alpha value is -3.48. The molecule has 0 bridgehead atoms. The highest BCUT2D eigenvalue weighted by molar-refractivity contribution is 5.92. The van der Waals surface area contributed by atoms with Crippen molar-refractivity contribution in [2.24, 2.45) is 0 Å². The van der Waals surface area contributed by atoms with Crippen molar-refractivity contribution in [1.29, 1.82) is 0 Å². The molecule has 3 aromatic rings. The van der Waals surface area contributed by atoms with E-state index in [0.29, 0.717) is 29.6 Å². The van der Waals surface area contributed by atoms with Crippen molar-refractivity contribution in [2.75, 3.05) is 20.2 Å². The molecular weight excluding hydrogens is 368 g/mol. The predicted octanol–water partition coefficient (Wildman–Crippen LogP) is 3.69. The van der Waals surface area contributed by atoms with Crippen LogP contribution >= 0.6 is 0 Å². The maximum atomic E-state index is 12.7. The lowest BCUT2D eigenvalue weighted by Gasteiger charge is -2.32. The number of nitrogens with zero attached hydrogens (tertiary/aromatic N) is 4. The first-order valence-electron chi connectivity index (χ1n) is 9.57. The minimum absolute atomic E-state index is 0.0512. The summed E-state index contributed by atoms with van der Waals surface area (Å²) in [6.07, 6.45) is 6.81. The van der Waals surface area contributed by atoms with Crippen LogP contribution in [0.5, 0.6) is 17.4 Å². The first-order valence-corrected chi connectivity index (χ1v) is 9.57. The quantitative estimate of drug-likeness (QED) is 0.661. The zero-order valence-electron chi connectivity index (χ0n) is 16.2. The Morgan fingerprint density at radius 2 is 1.93 bits per heavy atom. The number of carbonyl (C=O) groups excluding carboxylic acids is 1. The van der Waals surface area contributed by atoms with Crippen LogP contribution in [0.15, 0.2) is 61.1 Å². The van der Waals surface area contributed by atoms with E-state index in [2.05, 4.69) is 15.0 Å². The van der Waals surface area contributed by atoms with Crippen molar-refractivity contribution in [3.63, 3.8) is 0 Å². The Labute approximate surface area is 169 Å². The van der Waals surface area contributed by atoms with Gasteiger partial charge in [0.05, 0.1) is 19.0 Å². The van der Waals surface area contributed by atoms with E-state index >= 15 is 0 Å². The molecule has 4 rings (SSSR count). The summed E-state index contributed by atoms with van der Waals surface area (Å²) in [6.45, 7) is 1.30. The number of pyridine rings is 1. The van der Waals surface area contributed by atoms with E-state index in [1.54, 1.807) is 37.8 Å². The molecule has 0 N–H and O–H groups in total. The highest BCUT2D eigenvalue weighted by atomic mass is 16.5. The first-order chi connectivity index (χ1) is 14.2. The van der Waals surface area contributed by atoms with Gasteiger partial charge in [-0.1, -0.05) is 18.2 Å². The molecule has 1 aliphatic heterocycles. The third-order valence-corrected chi connectivity index (χ3v) is 4.93. The van der Waals surface area contributed by atoms with E-state index in [-0.39, 0.29) is 11.8 Å². The molecule has 1 amide bonds. The van der Waals surface area contributed by atoms with Crippen LogP contribution in [0.3, 0.4) is 0 Å². The molecule has 0 spiro atoms. The summed E-state index contributed by atoms with van der Waals surface area (Å²) in [5.41, 5.74) is 1.28. The number of likely N-dealkylation sites (tertiary alicyclic amines) is 1. The highest BCUT2D eigenvalue weighted by Crippen LogP contribution is 2.31. The average Bonchev–Trinajstić information content (AvgIpc) is 2.80. The molecule has 3 heterocycles. The van der Waals surface area contributed by atoms with Gasteiger partial charge in [0.15, 0.2) is 11.5 Å². The van der Waals surface area contributed by atoms with Gasteiger partial charge in [0.1, 0.15) is 5.69 Å². The number of benzene rings is 1. The second kappa shape index (κ2) is 8.68. The summed E-state index contributed by atoms with van der Waals surface area (Å²) in [5.74, 6) is 1.66. The monoisotopic (exact) mass is 390 g/mol. The molecule has 0 aliphatic carbocycles. The Morgan fingerprint density at radius 1 is 1.10 bits per heavy atom. The SMILES string of the molecule is COc1ccccc1Oc1cncc(C2CCCN(C(=O)c3ccccn3)C2)n1. The standard InChI is InChI=1S/C22H22N4O3/c1-28-19-9-2-3-10-20(19)29-21-14-23-13-18(25-21)16-7-6-12-26(15-16)22(27)17-8-4-5-11-24-17/h2-5,8-11,13-14,16H,6-7,12,15H2,1H3. The third kappa shape index (κ3) is 4.34. The Balaban J connectivity index is 1.50. The summed E-state index contributed by atoms with van der Waals surface area (Å²) in [6, 6.07) is 12.8. The Kier molecular flexibility index (Phi) is 5.65. The van der Waals surface area contributed by atoms with Gasteiger partial charge < -0.3 is 14.4 Å². The van der Waals surface area contributed by atoms with Crippen LogP contribution in [0.1, 0.15) is 34.9 Å². The molecule has 1 saturated heterocycles. The molecule has 0 radical (unpaired) electrons. The van der Waals surface area contributed by atoms with Crippen LogP contribution in [-0.4, -0.2) is 46.0 Å². The third-order valence-electron chi connectivity index (χ3n) is 4.93.